The van der Waals surface area contributed by atoms with Crippen LogP contribution in [0.4, 0.5) is 4.79 Å². The fraction of sp³-hybridized carbons (Fsp3) is 0.800. The van der Waals surface area contributed by atoms with Crippen LogP contribution in [0.15, 0.2) is 0 Å². The minimum absolute atomic E-state index is 0.405. The number of amides is 1. The third-order valence-electron chi connectivity index (χ3n) is 1.62. The van der Waals surface area contributed by atoms with E-state index in [1.54, 1.807) is 0 Å². The Labute approximate surface area is 70.4 Å². The van der Waals surface area contributed by atoms with Gasteiger partial charge in [0.05, 0.1) is 0 Å². The number of carbonyl (C=O) groups is 1. The molecule has 2 N–H and O–H groups in total. The van der Waals surface area contributed by atoms with E-state index in [9.17, 15) is 13.2 Å². The van der Waals surface area contributed by atoms with Gasteiger partial charge in [0, 0.05) is 13.1 Å². The van der Waals surface area contributed by atoms with Gasteiger partial charge in [0.15, 0.2) is 0 Å². The van der Waals surface area contributed by atoms with Crippen molar-refractivity contribution in [3.05, 3.63) is 0 Å². The molecule has 0 bridgehead atoms. The van der Waals surface area contributed by atoms with Crippen molar-refractivity contribution < 1.29 is 18.3 Å². The van der Waals surface area contributed by atoms with Crippen LogP contribution in [0.2, 0.25) is 0 Å². The third kappa shape index (κ3) is 2.08. The van der Waals surface area contributed by atoms with Crippen molar-refractivity contribution in [2.45, 2.75) is 12.8 Å². The summed E-state index contributed by atoms with van der Waals surface area (Å²) in [4.78, 5) is 10.1. The number of nitrogens with zero attached hydrogens (tertiary/aromatic N) is 1. The SMILES string of the molecule is O=C(O)NS(=O)(=O)N1CCCC1. The van der Waals surface area contributed by atoms with Crippen LogP contribution in [0.25, 0.3) is 0 Å². The predicted molar refractivity (Wildman–Crippen MR) is 40.9 cm³/mol. The number of hydrogen-bond donors (Lipinski definition) is 2. The third-order valence-corrected chi connectivity index (χ3v) is 3.10. The number of nitrogens with one attached hydrogen (secondary N) is 1. The lowest BCUT2D eigenvalue weighted by Gasteiger charge is -2.13. The van der Waals surface area contributed by atoms with Crippen LogP contribution in [0.3, 0.4) is 0 Å². The zero-order chi connectivity index (χ0) is 9.19. The van der Waals surface area contributed by atoms with Crippen molar-refractivity contribution in [2.24, 2.45) is 0 Å². The molecule has 0 unspecified atom stereocenters. The van der Waals surface area contributed by atoms with E-state index >= 15 is 0 Å². The average molecular weight is 194 g/mol. The molecular weight excluding hydrogens is 184 g/mol. The van der Waals surface area contributed by atoms with Gasteiger partial charge in [-0.15, -0.1) is 0 Å². The maximum atomic E-state index is 11.1. The first-order chi connectivity index (χ1) is 5.52. The van der Waals surface area contributed by atoms with Gasteiger partial charge in [0.2, 0.25) is 0 Å². The standard InChI is InChI=1S/C5H10N2O4S/c8-5(9)6-12(10,11)7-3-1-2-4-7/h6H,1-4H2,(H,8,9). The summed E-state index contributed by atoms with van der Waals surface area (Å²) >= 11 is 0. The minimum atomic E-state index is -3.78. The van der Waals surface area contributed by atoms with Crippen molar-refractivity contribution in [3.63, 3.8) is 0 Å². The smallest absolute Gasteiger partial charge is 0.419 e. The van der Waals surface area contributed by atoms with Gasteiger partial charge in [-0.05, 0) is 12.8 Å². The molecule has 0 aliphatic carbocycles. The molecule has 1 heterocycles. The second-order valence-corrected chi connectivity index (χ2v) is 4.19. The Kier molecular flexibility index (Phi) is 2.53. The highest BCUT2D eigenvalue weighted by Crippen LogP contribution is 2.10. The van der Waals surface area contributed by atoms with Gasteiger partial charge in [-0.2, -0.15) is 12.7 Å². The fourth-order valence-corrected chi connectivity index (χ4v) is 2.19. The lowest BCUT2D eigenvalue weighted by Crippen LogP contribution is -2.41. The maximum absolute atomic E-state index is 11.1. The summed E-state index contributed by atoms with van der Waals surface area (Å²) in [6.07, 6.45) is 0.0445. The summed E-state index contributed by atoms with van der Waals surface area (Å²) in [6.45, 7) is 0.811. The summed E-state index contributed by atoms with van der Waals surface area (Å²) in [5.74, 6) is 0. The molecule has 7 heteroatoms. The Bertz CT molecular complexity index is 267. The van der Waals surface area contributed by atoms with Gasteiger partial charge >= 0.3 is 16.3 Å². The Morgan fingerprint density at radius 3 is 2.25 bits per heavy atom. The van der Waals surface area contributed by atoms with Gasteiger partial charge in [-0.3, -0.25) is 0 Å². The Hall–Kier alpha value is -0.820. The summed E-state index contributed by atoms with van der Waals surface area (Å²) in [5, 5.41) is 8.19. The summed E-state index contributed by atoms with van der Waals surface area (Å²) < 4.78 is 24.8. The highest BCUT2D eigenvalue weighted by molar-refractivity contribution is 7.87. The molecule has 0 radical (unpaired) electrons. The van der Waals surface area contributed by atoms with Crippen LogP contribution in [0, 0.1) is 0 Å². The van der Waals surface area contributed by atoms with E-state index in [0.29, 0.717) is 13.1 Å². The molecule has 70 valence electrons. The first kappa shape index (κ1) is 9.27. The highest BCUT2D eigenvalue weighted by Gasteiger charge is 2.26. The molecule has 1 rings (SSSR count). The van der Waals surface area contributed by atoms with Gasteiger partial charge in [0.1, 0.15) is 0 Å². The Morgan fingerprint density at radius 1 is 1.33 bits per heavy atom. The predicted octanol–water partition coefficient (Wildman–Crippen LogP) is -0.405. The van der Waals surface area contributed by atoms with E-state index in [-0.39, 0.29) is 0 Å². The van der Waals surface area contributed by atoms with Crippen molar-refractivity contribution >= 4 is 16.3 Å². The van der Waals surface area contributed by atoms with Crippen LogP contribution in [0.1, 0.15) is 12.8 Å². The van der Waals surface area contributed by atoms with Crippen LogP contribution in [0.5, 0.6) is 0 Å². The molecule has 6 nitrogen and oxygen atoms in total. The molecule has 1 fully saturated rings. The molecule has 1 amide bonds. The van der Waals surface area contributed by atoms with Gasteiger partial charge < -0.3 is 5.11 Å². The van der Waals surface area contributed by atoms with E-state index in [1.165, 1.54) is 4.72 Å². The van der Waals surface area contributed by atoms with E-state index in [0.717, 1.165) is 17.1 Å². The Morgan fingerprint density at radius 2 is 1.83 bits per heavy atom. The summed E-state index contributed by atoms with van der Waals surface area (Å²) in [6, 6.07) is 0. The summed E-state index contributed by atoms with van der Waals surface area (Å²) in [7, 11) is -3.78. The van der Waals surface area contributed by atoms with Crippen LogP contribution >= 0.6 is 0 Å². The maximum Gasteiger partial charge on any atom is 0.419 e. The molecule has 0 aromatic heterocycles. The number of carboxylic acid groups (broad SMARTS) is 1. The minimum Gasteiger partial charge on any atom is -0.464 e. The fourth-order valence-electron chi connectivity index (χ4n) is 1.10. The molecule has 12 heavy (non-hydrogen) atoms. The number of rotatable bonds is 2. The second-order valence-electron chi connectivity index (χ2n) is 2.52. The molecule has 0 spiro atoms. The monoisotopic (exact) mass is 194 g/mol. The molecule has 1 aliphatic heterocycles. The normalized spacial score (nSPS) is 19.3. The quantitative estimate of drug-likeness (QED) is 0.626. The van der Waals surface area contributed by atoms with Gasteiger partial charge in [-0.25, -0.2) is 9.52 Å². The molecule has 0 aromatic carbocycles. The van der Waals surface area contributed by atoms with Crippen LogP contribution < -0.4 is 4.72 Å². The summed E-state index contributed by atoms with van der Waals surface area (Å²) in [5.41, 5.74) is 0. The van der Waals surface area contributed by atoms with Gasteiger partial charge in [0.25, 0.3) is 0 Å². The van der Waals surface area contributed by atoms with Crippen molar-refractivity contribution in [3.8, 4) is 0 Å². The van der Waals surface area contributed by atoms with Crippen LogP contribution in [-0.4, -0.2) is 37.0 Å². The van der Waals surface area contributed by atoms with Crippen LogP contribution in [-0.2, 0) is 10.2 Å². The van der Waals surface area contributed by atoms with Gasteiger partial charge in [-0.1, -0.05) is 0 Å². The van der Waals surface area contributed by atoms with Crippen molar-refractivity contribution in [2.75, 3.05) is 13.1 Å². The van der Waals surface area contributed by atoms with E-state index in [4.69, 9.17) is 5.11 Å². The molecule has 1 aliphatic rings. The molecule has 1 saturated heterocycles. The van der Waals surface area contributed by atoms with E-state index < -0.39 is 16.3 Å². The molecule has 0 atom stereocenters. The largest absolute Gasteiger partial charge is 0.464 e. The topological polar surface area (TPSA) is 86.7 Å². The Balaban J connectivity index is 2.64. The first-order valence-corrected chi connectivity index (χ1v) is 4.97. The molecular formula is C5H10N2O4S. The zero-order valence-corrected chi connectivity index (χ0v) is 7.17. The van der Waals surface area contributed by atoms with E-state index in [1.807, 2.05) is 0 Å². The molecule has 0 aromatic rings. The van der Waals surface area contributed by atoms with Crippen molar-refractivity contribution in [1.29, 1.82) is 0 Å². The van der Waals surface area contributed by atoms with E-state index in [2.05, 4.69) is 0 Å². The molecule has 0 saturated carbocycles. The lowest BCUT2D eigenvalue weighted by atomic mass is 10.4. The second kappa shape index (κ2) is 3.28. The highest BCUT2D eigenvalue weighted by atomic mass is 32.2. The first-order valence-electron chi connectivity index (χ1n) is 3.53. The lowest BCUT2D eigenvalue weighted by molar-refractivity contribution is 0.200. The van der Waals surface area contributed by atoms with Crippen molar-refractivity contribution in [1.82, 2.24) is 9.03 Å². The zero-order valence-electron chi connectivity index (χ0n) is 6.36. The number of hydrogen-bond acceptors (Lipinski definition) is 3. The average Bonchev–Trinajstić information content (AvgIpc) is 2.32.